The summed E-state index contributed by atoms with van der Waals surface area (Å²) >= 11 is 0. The molecule has 23 N–H and O–H groups in total. The molecule has 51 atom stereocenters. The van der Waals surface area contributed by atoms with Gasteiger partial charge in [-0.15, -0.1) is 0 Å². The third-order valence-corrected chi connectivity index (χ3v) is 30.2. The van der Waals surface area contributed by atoms with Crippen LogP contribution in [0.1, 0.15) is 120 Å². The molecule has 44 nitrogen and oxygen atoms in total. The number of aliphatic hydroxyl groups is 22. The molecule has 9 aliphatic heterocycles. The summed E-state index contributed by atoms with van der Waals surface area (Å²) in [6.07, 6.45) is -73.1. The third kappa shape index (κ3) is 17.1. The van der Waals surface area contributed by atoms with Crippen LogP contribution >= 0.6 is 0 Å². The van der Waals surface area contributed by atoms with Crippen molar-refractivity contribution < 1.29 is 217 Å². The van der Waals surface area contributed by atoms with Gasteiger partial charge in [-0.2, -0.15) is 0 Å². The number of hydrogen-bond acceptors (Lipinski definition) is 43. The van der Waals surface area contributed by atoms with Gasteiger partial charge in [0, 0.05) is 0 Å². The molecule has 9 heterocycles. The van der Waals surface area contributed by atoms with Crippen molar-refractivity contribution in [2.24, 2.45) is 50.2 Å². The molecule has 14 rings (SSSR count). The van der Waals surface area contributed by atoms with E-state index in [0.29, 0.717) is 38.5 Å². The molecule has 0 amide bonds. The third-order valence-electron chi connectivity index (χ3n) is 30.2. The summed E-state index contributed by atoms with van der Waals surface area (Å²) in [5, 5.41) is 257. The number of rotatable bonds is 21. The monoisotopic (exact) mass is 1790 g/mol. The lowest BCUT2D eigenvalue weighted by molar-refractivity contribution is -0.398. The lowest BCUT2D eigenvalue weighted by Crippen LogP contribution is -2.69. The van der Waals surface area contributed by atoms with Crippen LogP contribution in [0.25, 0.3) is 0 Å². The van der Waals surface area contributed by atoms with Gasteiger partial charge in [-0.3, -0.25) is 4.79 Å². The van der Waals surface area contributed by atoms with Crippen LogP contribution in [0.4, 0.5) is 0 Å². The molecule has 0 spiro atoms. The van der Waals surface area contributed by atoms with Crippen molar-refractivity contribution in [2.75, 3.05) is 33.0 Å². The van der Waals surface area contributed by atoms with Crippen molar-refractivity contribution in [3.63, 3.8) is 0 Å². The normalized spacial score (nSPS) is 55.4. The largest absolute Gasteiger partial charge is 0.479 e. The fourth-order valence-corrected chi connectivity index (χ4v) is 22.6. The number of carboxylic acid groups (broad SMARTS) is 1. The zero-order valence-electron chi connectivity index (χ0n) is 70.0. The minimum atomic E-state index is -2.31. The van der Waals surface area contributed by atoms with Crippen molar-refractivity contribution in [3.8, 4) is 0 Å². The number of carboxylic acids is 1. The molecule has 5 aliphatic carbocycles. The van der Waals surface area contributed by atoms with E-state index in [0.717, 1.165) is 11.9 Å². The fraction of sp³-hybridized carbons (Fsp3) is 0.938. The van der Waals surface area contributed by atoms with Crippen molar-refractivity contribution in [1.82, 2.24) is 0 Å². The van der Waals surface area contributed by atoms with Crippen molar-refractivity contribution >= 4 is 18.2 Å². The van der Waals surface area contributed by atoms with E-state index in [1.807, 2.05) is 13.8 Å². The molecule has 0 aromatic carbocycles. The van der Waals surface area contributed by atoms with Crippen LogP contribution in [0.3, 0.4) is 0 Å². The zero-order chi connectivity index (χ0) is 90.3. The van der Waals surface area contributed by atoms with Gasteiger partial charge in [-0.05, 0) is 118 Å². The van der Waals surface area contributed by atoms with Crippen LogP contribution in [-0.2, 0) is 99.6 Å². The maximum absolute atomic E-state index is 16.2. The van der Waals surface area contributed by atoms with Gasteiger partial charge in [0.25, 0.3) is 0 Å². The lowest BCUT2D eigenvalue weighted by atomic mass is 9.33. The van der Waals surface area contributed by atoms with Crippen LogP contribution in [0.5, 0.6) is 0 Å². The van der Waals surface area contributed by atoms with E-state index in [1.54, 1.807) is 6.92 Å². The number of aldehydes is 1. The lowest BCUT2D eigenvalue weighted by Gasteiger charge is -2.71. The van der Waals surface area contributed by atoms with Gasteiger partial charge in [-0.25, -0.2) is 4.79 Å². The highest BCUT2D eigenvalue weighted by Gasteiger charge is 2.74. The Morgan fingerprint density at radius 2 is 0.887 bits per heavy atom. The minimum absolute atomic E-state index is 0.0192. The Morgan fingerprint density at radius 3 is 1.45 bits per heavy atom. The minimum Gasteiger partial charge on any atom is -0.479 e. The Hall–Kier alpha value is -3.21. The van der Waals surface area contributed by atoms with Gasteiger partial charge in [0.15, 0.2) is 62.5 Å². The number of hydrogen-bond donors (Lipinski definition) is 23. The van der Waals surface area contributed by atoms with Crippen LogP contribution in [0, 0.1) is 50.2 Å². The number of aliphatic carboxylic acids is 1. The topological polar surface area (TPSA) is 683 Å². The number of fused-ring (bicyclic) bond motifs is 7. The Bertz CT molecular complexity index is 3680. The second-order valence-electron chi connectivity index (χ2n) is 38.3. The number of carbonyl (C=O) groups is 3. The van der Waals surface area contributed by atoms with Gasteiger partial charge in [0.2, 0.25) is 6.29 Å². The molecular formula is C80H126O44. The molecule has 44 heteroatoms. The maximum Gasteiger partial charge on any atom is 0.335 e. The SMILES string of the molecule is CC1OC(OC2C(C)OC(OC(=O)C34CCC(C)(C)CC3C3=CCC5C6(C)CCC(OC7OC(C(=O)O)C(O)C(OC8OCC(O)C(O)C8O)C7OC7OC(CO)C(OC8OCC(O)C(O)C8O)C(O)C7O)C(C)(C=O)C6CCC5(C)C3(C)CC4O)C(OC3OC(C)C(OC4OCC(O)C(OC5OCC(O)C(O)C5O)C4O)C(O)C3O)C2O)C(O)C(O)C1O. The Balaban J connectivity index is 0.724. The average Bonchev–Trinajstić information content (AvgIpc) is 0.667. The first-order valence-corrected chi connectivity index (χ1v) is 42.7. The standard InChI is InChI=1S/C80H126O44/c1-26-40(88)44(92)50(98)69(111-26)117-57-28(3)113-72(62(53(57)101)122-70-51(99)45(93)56(27(2)112-70)116-68-55(103)58(34(86)24-110-68)118-65-47(95)41(89)31(83)21-107-65)124-74(106)80-17-16-75(4,5)18-30(80)29-10-11-37-76(6)14-13-39(77(7,25-82)36(76)12-15-78(37,8)79(29,9)19-38(80)87)115-73-63(60(54(102)61(121-73)64(104)105)120-67-49(97)43(91)33(85)23-109-67)123-71-52(100)46(94)59(35(20-81)114-71)119-66-48(96)42(90)32(84)22-108-66/h10,25-28,30-63,65-73,81,83-103H,11-24H2,1-9H3,(H,104,105). The Morgan fingerprint density at radius 1 is 0.419 bits per heavy atom. The van der Waals surface area contributed by atoms with E-state index < -0.39 is 353 Å². The number of esters is 1. The van der Waals surface area contributed by atoms with Gasteiger partial charge in [-0.1, -0.05) is 53.2 Å². The summed E-state index contributed by atoms with van der Waals surface area (Å²) in [5.41, 5.74) is -5.44. The van der Waals surface area contributed by atoms with E-state index in [4.69, 9.17) is 85.3 Å². The first-order valence-electron chi connectivity index (χ1n) is 42.7. The fourth-order valence-electron chi connectivity index (χ4n) is 22.6. The first-order chi connectivity index (χ1) is 58.2. The smallest absolute Gasteiger partial charge is 0.335 e. The summed E-state index contributed by atoms with van der Waals surface area (Å²) in [7, 11) is 0. The van der Waals surface area contributed by atoms with Crippen LogP contribution in [0.2, 0.25) is 0 Å². The summed E-state index contributed by atoms with van der Waals surface area (Å²) in [5.74, 6) is -4.44. The first kappa shape index (κ1) is 96.8. The summed E-state index contributed by atoms with van der Waals surface area (Å²) in [6.45, 7) is 12.9. The van der Waals surface area contributed by atoms with Gasteiger partial charge >= 0.3 is 11.9 Å². The summed E-state index contributed by atoms with van der Waals surface area (Å²) < 4.78 is 108. The quantitative estimate of drug-likeness (QED) is 0.0220. The second-order valence-corrected chi connectivity index (χ2v) is 38.3. The van der Waals surface area contributed by atoms with Gasteiger partial charge in [0.1, 0.15) is 177 Å². The number of ether oxygens (including phenoxy) is 18. The zero-order valence-corrected chi connectivity index (χ0v) is 70.0. The number of allylic oxidation sites excluding steroid dienone is 2. The molecule has 0 radical (unpaired) electrons. The molecule has 0 aromatic rings. The van der Waals surface area contributed by atoms with E-state index in [9.17, 15) is 127 Å². The van der Waals surface area contributed by atoms with Crippen LogP contribution in [-0.4, -0.2) is 433 Å². The molecule has 124 heavy (non-hydrogen) atoms. The van der Waals surface area contributed by atoms with E-state index >= 15 is 4.79 Å². The van der Waals surface area contributed by atoms with Crippen molar-refractivity contribution in [1.29, 1.82) is 0 Å². The summed E-state index contributed by atoms with van der Waals surface area (Å²) in [6, 6.07) is 0. The molecule has 4 saturated carbocycles. The Labute approximate surface area is 712 Å². The van der Waals surface area contributed by atoms with E-state index in [-0.39, 0.29) is 25.2 Å². The highest BCUT2D eigenvalue weighted by atomic mass is 16.8. The molecular weight excluding hydrogens is 1660 g/mol. The molecule has 13 fully saturated rings. The predicted octanol–water partition coefficient (Wildman–Crippen LogP) is -9.03. The van der Waals surface area contributed by atoms with Crippen LogP contribution in [0.15, 0.2) is 11.6 Å². The highest BCUT2D eigenvalue weighted by molar-refractivity contribution is 5.80. The van der Waals surface area contributed by atoms with Gasteiger partial charge in [0.05, 0.1) is 69.0 Å². The van der Waals surface area contributed by atoms with Crippen LogP contribution < -0.4 is 0 Å². The average molecular weight is 1790 g/mol. The second kappa shape index (κ2) is 37.0. The molecule has 51 unspecified atom stereocenters. The van der Waals surface area contributed by atoms with Gasteiger partial charge < -0.3 is 208 Å². The van der Waals surface area contributed by atoms with Crippen molar-refractivity contribution in [3.05, 3.63) is 11.6 Å². The number of aliphatic hydroxyl groups excluding tert-OH is 22. The van der Waals surface area contributed by atoms with Crippen molar-refractivity contribution in [2.45, 2.75) is 384 Å². The number of carbonyl (C=O) groups excluding carboxylic acids is 2. The molecule has 710 valence electrons. The predicted molar refractivity (Wildman–Crippen MR) is 400 cm³/mol. The summed E-state index contributed by atoms with van der Waals surface area (Å²) in [4.78, 5) is 43.9. The molecule has 0 aromatic heterocycles. The van der Waals surface area contributed by atoms with E-state index in [2.05, 4.69) is 26.8 Å². The molecule has 9 saturated heterocycles. The Kier molecular flexibility index (Phi) is 28.9. The molecule has 14 aliphatic rings. The molecule has 0 bridgehead atoms. The maximum atomic E-state index is 16.2. The van der Waals surface area contributed by atoms with E-state index in [1.165, 1.54) is 20.8 Å². The highest BCUT2D eigenvalue weighted by Crippen LogP contribution is 2.76.